The molecule has 0 amide bonds. The van der Waals surface area contributed by atoms with Crippen LogP contribution in [0.4, 0.5) is 0 Å². The van der Waals surface area contributed by atoms with E-state index >= 15 is 0 Å². The van der Waals surface area contributed by atoms with Gasteiger partial charge >= 0.3 is 0 Å². The Morgan fingerprint density at radius 3 is 2.38 bits per heavy atom. The Hall–Kier alpha value is -2.67. The van der Waals surface area contributed by atoms with Crippen LogP contribution >= 0.6 is 0 Å². The van der Waals surface area contributed by atoms with Gasteiger partial charge in [-0.05, 0) is 36.4 Å². The molecule has 3 rings (SSSR count). The molecule has 0 unspecified atom stereocenters. The monoisotopic (exact) mass is 344 g/mol. The average Bonchev–Trinajstić information content (AvgIpc) is 3.10. The predicted octanol–water partition coefficient (Wildman–Crippen LogP) is 3.11. The van der Waals surface area contributed by atoms with Gasteiger partial charge in [0.05, 0.1) is 10.6 Å². The first-order chi connectivity index (χ1) is 11.6. The third kappa shape index (κ3) is 3.62. The van der Waals surface area contributed by atoms with Gasteiger partial charge in [-0.1, -0.05) is 25.1 Å². The minimum absolute atomic E-state index is 0.0669. The zero-order valence-electron chi connectivity index (χ0n) is 13.0. The SMILES string of the molecule is CCS(=O)(=O)c1ccc(OCc2nnc(-c3ccccc3)o2)cc1. The van der Waals surface area contributed by atoms with Crippen molar-refractivity contribution in [2.45, 2.75) is 18.4 Å². The smallest absolute Gasteiger partial charge is 0.254 e. The number of sulfone groups is 1. The van der Waals surface area contributed by atoms with Gasteiger partial charge in [0.1, 0.15) is 5.75 Å². The van der Waals surface area contributed by atoms with E-state index in [0.29, 0.717) is 17.5 Å². The molecule has 0 saturated carbocycles. The lowest BCUT2D eigenvalue weighted by atomic mass is 10.2. The molecule has 0 saturated heterocycles. The number of nitrogens with zero attached hydrogens (tertiary/aromatic N) is 2. The van der Waals surface area contributed by atoms with Gasteiger partial charge in [0.2, 0.25) is 5.89 Å². The number of rotatable bonds is 6. The second-order valence-corrected chi connectivity index (χ2v) is 7.31. The van der Waals surface area contributed by atoms with Crippen molar-refractivity contribution in [1.29, 1.82) is 0 Å². The Kier molecular flexibility index (Phi) is 4.61. The van der Waals surface area contributed by atoms with Crippen LogP contribution in [-0.4, -0.2) is 24.4 Å². The largest absolute Gasteiger partial charge is 0.484 e. The van der Waals surface area contributed by atoms with Gasteiger partial charge in [-0.15, -0.1) is 10.2 Å². The Labute approximate surface area is 140 Å². The number of ether oxygens (including phenoxy) is 1. The lowest BCUT2D eigenvalue weighted by Crippen LogP contribution is -2.03. The summed E-state index contributed by atoms with van der Waals surface area (Å²) >= 11 is 0. The lowest BCUT2D eigenvalue weighted by molar-refractivity contribution is 0.264. The molecule has 0 N–H and O–H groups in total. The van der Waals surface area contributed by atoms with Gasteiger partial charge in [0, 0.05) is 5.56 Å². The zero-order chi connectivity index (χ0) is 17.0. The molecule has 0 fully saturated rings. The van der Waals surface area contributed by atoms with Gasteiger partial charge < -0.3 is 9.15 Å². The molecule has 0 aliphatic rings. The highest BCUT2D eigenvalue weighted by Gasteiger charge is 2.12. The molecule has 1 aromatic heterocycles. The number of hydrogen-bond acceptors (Lipinski definition) is 6. The van der Waals surface area contributed by atoms with E-state index in [-0.39, 0.29) is 17.3 Å². The molecule has 0 aliphatic heterocycles. The normalized spacial score (nSPS) is 11.4. The first-order valence-corrected chi connectivity index (χ1v) is 9.07. The van der Waals surface area contributed by atoms with Gasteiger partial charge in [0.15, 0.2) is 16.4 Å². The van der Waals surface area contributed by atoms with Crippen LogP contribution < -0.4 is 4.74 Å². The molecule has 24 heavy (non-hydrogen) atoms. The van der Waals surface area contributed by atoms with Crippen molar-refractivity contribution in [2.75, 3.05) is 5.75 Å². The summed E-state index contributed by atoms with van der Waals surface area (Å²) in [6.45, 7) is 1.72. The molecule has 1 heterocycles. The molecule has 0 bridgehead atoms. The van der Waals surface area contributed by atoms with Crippen molar-refractivity contribution in [2.24, 2.45) is 0 Å². The van der Waals surface area contributed by atoms with Crippen LogP contribution in [0.2, 0.25) is 0 Å². The van der Waals surface area contributed by atoms with Gasteiger partial charge in [-0.3, -0.25) is 0 Å². The predicted molar refractivity (Wildman–Crippen MR) is 88.2 cm³/mol. The molecule has 6 nitrogen and oxygen atoms in total. The summed E-state index contributed by atoms with van der Waals surface area (Å²) < 4.78 is 34.6. The van der Waals surface area contributed by atoms with E-state index in [4.69, 9.17) is 9.15 Å². The quantitative estimate of drug-likeness (QED) is 0.683. The van der Waals surface area contributed by atoms with Crippen LogP contribution in [0.1, 0.15) is 12.8 Å². The highest BCUT2D eigenvalue weighted by atomic mass is 32.2. The van der Waals surface area contributed by atoms with Crippen LogP contribution in [0.5, 0.6) is 5.75 Å². The summed E-state index contributed by atoms with van der Waals surface area (Å²) in [5, 5.41) is 7.92. The third-order valence-electron chi connectivity index (χ3n) is 3.41. The average molecular weight is 344 g/mol. The van der Waals surface area contributed by atoms with Crippen molar-refractivity contribution < 1.29 is 17.6 Å². The number of hydrogen-bond donors (Lipinski definition) is 0. The highest BCUT2D eigenvalue weighted by molar-refractivity contribution is 7.91. The van der Waals surface area contributed by atoms with Gasteiger partial charge in [-0.2, -0.15) is 0 Å². The second-order valence-electron chi connectivity index (χ2n) is 5.03. The minimum atomic E-state index is -3.21. The van der Waals surface area contributed by atoms with Crippen molar-refractivity contribution >= 4 is 9.84 Å². The Morgan fingerprint density at radius 2 is 1.71 bits per heavy atom. The fraction of sp³-hybridized carbons (Fsp3) is 0.176. The summed E-state index contributed by atoms with van der Waals surface area (Å²) in [5.74, 6) is 1.37. The van der Waals surface area contributed by atoms with Crippen molar-refractivity contribution in [3.05, 3.63) is 60.5 Å². The molecule has 0 aliphatic carbocycles. The standard InChI is InChI=1S/C17H16N2O4S/c1-2-24(20,21)15-10-8-14(9-11-15)22-12-16-18-19-17(23-16)13-6-4-3-5-7-13/h3-11H,2,12H2,1H3. The molecule has 0 spiro atoms. The Morgan fingerprint density at radius 1 is 1.00 bits per heavy atom. The second kappa shape index (κ2) is 6.84. The topological polar surface area (TPSA) is 82.3 Å². The third-order valence-corrected chi connectivity index (χ3v) is 5.16. The maximum Gasteiger partial charge on any atom is 0.254 e. The molecule has 0 radical (unpaired) electrons. The summed E-state index contributed by atoms with van der Waals surface area (Å²) in [6.07, 6.45) is 0. The van der Waals surface area contributed by atoms with Crippen molar-refractivity contribution in [3.63, 3.8) is 0 Å². The molecule has 124 valence electrons. The van der Waals surface area contributed by atoms with Crippen LogP contribution in [0.3, 0.4) is 0 Å². The van der Waals surface area contributed by atoms with E-state index in [1.807, 2.05) is 30.3 Å². The maximum atomic E-state index is 11.8. The van der Waals surface area contributed by atoms with E-state index in [9.17, 15) is 8.42 Å². The summed E-state index contributed by atoms with van der Waals surface area (Å²) in [7, 11) is -3.21. The van der Waals surface area contributed by atoms with Crippen LogP contribution in [0.15, 0.2) is 63.9 Å². The van der Waals surface area contributed by atoms with Crippen LogP contribution in [0.25, 0.3) is 11.5 Å². The van der Waals surface area contributed by atoms with Crippen LogP contribution in [0, 0.1) is 0 Å². The van der Waals surface area contributed by atoms with Crippen molar-refractivity contribution in [3.8, 4) is 17.2 Å². The molecular formula is C17H16N2O4S. The van der Waals surface area contributed by atoms with E-state index < -0.39 is 9.84 Å². The Bertz CT molecular complexity index is 903. The molecule has 2 aromatic carbocycles. The minimum Gasteiger partial charge on any atom is -0.484 e. The van der Waals surface area contributed by atoms with E-state index in [2.05, 4.69) is 10.2 Å². The molecular weight excluding hydrogens is 328 g/mol. The van der Waals surface area contributed by atoms with Gasteiger partial charge in [-0.25, -0.2) is 8.42 Å². The van der Waals surface area contributed by atoms with E-state index in [0.717, 1.165) is 5.56 Å². The highest BCUT2D eigenvalue weighted by Crippen LogP contribution is 2.20. The first-order valence-electron chi connectivity index (χ1n) is 7.42. The van der Waals surface area contributed by atoms with E-state index in [1.165, 1.54) is 12.1 Å². The van der Waals surface area contributed by atoms with E-state index in [1.54, 1.807) is 19.1 Å². The number of aromatic nitrogens is 2. The summed E-state index contributed by atoms with van der Waals surface area (Å²) in [6, 6.07) is 15.7. The van der Waals surface area contributed by atoms with Gasteiger partial charge in [0.25, 0.3) is 5.89 Å². The fourth-order valence-corrected chi connectivity index (χ4v) is 2.95. The molecule has 7 heteroatoms. The molecule has 0 atom stereocenters. The molecule has 3 aromatic rings. The van der Waals surface area contributed by atoms with Crippen LogP contribution in [-0.2, 0) is 16.4 Å². The van der Waals surface area contributed by atoms with Crippen molar-refractivity contribution in [1.82, 2.24) is 10.2 Å². The first kappa shape index (κ1) is 16.2. The fourth-order valence-electron chi connectivity index (χ4n) is 2.06. The lowest BCUT2D eigenvalue weighted by Gasteiger charge is -2.05. The Balaban J connectivity index is 1.65. The summed E-state index contributed by atoms with van der Waals surface area (Å²) in [4.78, 5) is 0.279. The zero-order valence-corrected chi connectivity index (χ0v) is 13.9. The summed E-state index contributed by atoms with van der Waals surface area (Å²) in [5.41, 5.74) is 0.838. The maximum absolute atomic E-state index is 11.8. The number of benzene rings is 2.